The van der Waals surface area contributed by atoms with Crippen molar-refractivity contribution in [2.24, 2.45) is 0 Å². The van der Waals surface area contributed by atoms with E-state index in [4.69, 9.17) is 4.74 Å². The van der Waals surface area contributed by atoms with Crippen molar-refractivity contribution < 1.29 is 27.6 Å². The van der Waals surface area contributed by atoms with E-state index in [0.29, 0.717) is 37.6 Å². The van der Waals surface area contributed by atoms with Gasteiger partial charge in [-0.05, 0) is 49.2 Å². The molecule has 3 heterocycles. The van der Waals surface area contributed by atoms with E-state index in [2.05, 4.69) is 25.1 Å². The Morgan fingerprint density at radius 3 is 2.47 bits per heavy atom. The van der Waals surface area contributed by atoms with Crippen LogP contribution in [-0.2, 0) is 23.9 Å². The maximum atomic E-state index is 13.5. The molecule has 14 heteroatoms. The van der Waals surface area contributed by atoms with Crippen LogP contribution in [0.4, 0.5) is 36.1 Å². The number of carbonyl (C=O) groups is 1. The van der Waals surface area contributed by atoms with Crippen LogP contribution in [0, 0.1) is 10.1 Å². The highest BCUT2D eigenvalue weighted by atomic mass is 19.4. The van der Waals surface area contributed by atoms with Gasteiger partial charge in [-0.2, -0.15) is 13.2 Å². The molecule has 1 N–H and O–H groups in total. The van der Waals surface area contributed by atoms with Gasteiger partial charge in [-0.25, -0.2) is 9.97 Å². The van der Waals surface area contributed by atoms with Gasteiger partial charge in [0, 0.05) is 62.3 Å². The van der Waals surface area contributed by atoms with Crippen molar-refractivity contribution in [3.8, 4) is 5.75 Å². The Bertz CT molecular complexity index is 1430. The van der Waals surface area contributed by atoms with E-state index in [9.17, 15) is 28.1 Å². The number of nitrogens with one attached hydrogen (secondary N) is 1. The molecule has 0 radical (unpaired) electrons. The molecule has 2 aliphatic heterocycles. The SMILES string of the molecule is O=CCN1CCN(CCCOc2ccc(Nc3ncnc4c3CCN(c3ccc([N+](=O)[O-])c(C(F)(F)F)c3)C4)cc2)CC1. The van der Waals surface area contributed by atoms with E-state index < -0.39 is 22.4 Å². The van der Waals surface area contributed by atoms with Gasteiger partial charge in [-0.15, -0.1) is 0 Å². The zero-order chi connectivity index (χ0) is 30.4. The van der Waals surface area contributed by atoms with Crippen molar-refractivity contribution >= 4 is 29.2 Å². The highest BCUT2D eigenvalue weighted by Crippen LogP contribution is 2.39. The van der Waals surface area contributed by atoms with Crippen LogP contribution in [-0.4, -0.2) is 83.4 Å². The molecule has 0 unspecified atom stereocenters. The smallest absolute Gasteiger partial charge is 0.423 e. The fourth-order valence-electron chi connectivity index (χ4n) is 5.34. The van der Waals surface area contributed by atoms with Crippen molar-refractivity contribution in [2.45, 2.75) is 25.6 Å². The fourth-order valence-corrected chi connectivity index (χ4v) is 5.34. The summed E-state index contributed by atoms with van der Waals surface area (Å²) in [6.07, 6.45) is -1.12. The van der Waals surface area contributed by atoms with E-state index in [1.807, 2.05) is 24.3 Å². The Hall–Kier alpha value is -4.30. The van der Waals surface area contributed by atoms with Gasteiger partial charge in [0.2, 0.25) is 0 Å². The molecule has 0 atom stereocenters. The van der Waals surface area contributed by atoms with Crippen molar-refractivity contribution in [1.29, 1.82) is 0 Å². The molecule has 2 aliphatic rings. The second-order valence-electron chi connectivity index (χ2n) is 10.4. The summed E-state index contributed by atoms with van der Waals surface area (Å²) in [7, 11) is 0. The van der Waals surface area contributed by atoms with Gasteiger partial charge in [0.05, 0.1) is 30.3 Å². The van der Waals surface area contributed by atoms with Gasteiger partial charge in [-0.1, -0.05) is 0 Å². The van der Waals surface area contributed by atoms with E-state index in [-0.39, 0.29) is 12.2 Å². The van der Waals surface area contributed by atoms with E-state index in [1.54, 1.807) is 4.90 Å². The lowest BCUT2D eigenvalue weighted by molar-refractivity contribution is -0.388. The minimum absolute atomic E-state index is 0.239. The third kappa shape index (κ3) is 7.56. The lowest BCUT2D eigenvalue weighted by atomic mass is 10.0. The number of aldehydes is 1. The molecule has 1 aromatic heterocycles. The Balaban J connectivity index is 1.15. The first-order valence-corrected chi connectivity index (χ1v) is 14.0. The van der Waals surface area contributed by atoms with Crippen LogP contribution in [0.2, 0.25) is 0 Å². The molecule has 3 aromatic rings. The van der Waals surface area contributed by atoms with Gasteiger partial charge in [0.1, 0.15) is 29.7 Å². The molecule has 0 amide bonds. The predicted molar refractivity (Wildman–Crippen MR) is 154 cm³/mol. The number of aromatic nitrogens is 2. The first-order chi connectivity index (χ1) is 20.7. The number of fused-ring (bicyclic) bond motifs is 1. The van der Waals surface area contributed by atoms with Crippen molar-refractivity contribution in [1.82, 2.24) is 19.8 Å². The molecule has 1 fully saturated rings. The molecule has 0 spiro atoms. The molecule has 5 rings (SSSR count). The number of carbonyl (C=O) groups excluding carboxylic acids is 1. The minimum atomic E-state index is -4.85. The van der Waals surface area contributed by atoms with Gasteiger partial charge < -0.3 is 24.6 Å². The van der Waals surface area contributed by atoms with Gasteiger partial charge >= 0.3 is 6.18 Å². The molecule has 1 saturated heterocycles. The second-order valence-corrected chi connectivity index (χ2v) is 10.4. The Morgan fingerprint density at radius 2 is 1.77 bits per heavy atom. The number of hydrogen-bond donors (Lipinski definition) is 1. The van der Waals surface area contributed by atoms with Gasteiger partial charge in [0.25, 0.3) is 5.69 Å². The Morgan fingerprint density at radius 1 is 1.02 bits per heavy atom. The number of hydrogen-bond acceptors (Lipinski definition) is 10. The van der Waals surface area contributed by atoms with E-state index in [0.717, 1.165) is 74.6 Å². The summed E-state index contributed by atoms with van der Waals surface area (Å²) in [4.78, 5) is 35.7. The summed E-state index contributed by atoms with van der Waals surface area (Å²) in [6.45, 7) is 6.39. The molecule has 2 aromatic carbocycles. The van der Waals surface area contributed by atoms with Gasteiger partial charge in [0.15, 0.2) is 0 Å². The number of alkyl halides is 3. The third-order valence-corrected chi connectivity index (χ3v) is 7.66. The normalized spacial score (nSPS) is 16.0. The lowest BCUT2D eigenvalue weighted by Crippen LogP contribution is -2.47. The number of nitrogens with zero attached hydrogens (tertiary/aromatic N) is 6. The number of halogens is 3. The lowest BCUT2D eigenvalue weighted by Gasteiger charge is -2.33. The molecular weight excluding hydrogens is 567 g/mol. The average molecular weight is 600 g/mol. The maximum absolute atomic E-state index is 13.5. The molecule has 0 bridgehead atoms. The number of anilines is 3. The highest BCUT2D eigenvalue weighted by Gasteiger charge is 2.39. The van der Waals surface area contributed by atoms with Crippen LogP contribution in [0.3, 0.4) is 0 Å². The topological polar surface area (TPSA) is 117 Å². The zero-order valence-electron chi connectivity index (χ0n) is 23.4. The first kappa shape index (κ1) is 30.2. The number of nitro groups is 1. The fraction of sp³-hybridized carbons (Fsp3) is 0.414. The third-order valence-electron chi connectivity index (χ3n) is 7.66. The van der Waals surface area contributed by atoms with Crippen LogP contribution in [0.5, 0.6) is 5.75 Å². The largest absolute Gasteiger partial charge is 0.494 e. The summed E-state index contributed by atoms with van der Waals surface area (Å²) in [5.41, 5.74) is 0.327. The van der Waals surface area contributed by atoms with Crippen LogP contribution in [0.15, 0.2) is 48.8 Å². The summed E-state index contributed by atoms with van der Waals surface area (Å²) in [6, 6.07) is 10.6. The predicted octanol–water partition coefficient (Wildman–Crippen LogP) is 4.30. The Labute approximate surface area is 246 Å². The first-order valence-electron chi connectivity index (χ1n) is 14.0. The highest BCUT2D eigenvalue weighted by molar-refractivity contribution is 5.63. The average Bonchev–Trinajstić information content (AvgIpc) is 3.00. The summed E-state index contributed by atoms with van der Waals surface area (Å²) in [5.74, 6) is 1.37. The number of ether oxygens (including phenoxy) is 1. The Kier molecular flexibility index (Phi) is 9.36. The van der Waals surface area contributed by atoms with Crippen LogP contribution in [0.25, 0.3) is 0 Å². The van der Waals surface area contributed by atoms with E-state index >= 15 is 0 Å². The number of rotatable bonds is 11. The number of piperazine rings is 1. The standard InChI is InChI=1S/C29H32F3N7O4/c30-29(31,32)25-18-22(4-7-27(25)39(41)42)38-10-8-24-26(19-38)33-20-34-28(24)35-21-2-5-23(6-3-21)43-17-1-9-36-11-13-37(14-12-36)15-16-40/h2-7,16,18,20H,1,8-15,17,19H2,(H,33,34,35). The number of nitro benzene ring substituents is 1. The van der Waals surface area contributed by atoms with Crippen molar-refractivity contribution in [2.75, 3.05) is 62.6 Å². The molecule has 0 aliphatic carbocycles. The molecular formula is C29H32F3N7O4. The zero-order valence-corrected chi connectivity index (χ0v) is 23.4. The molecule has 0 saturated carbocycles. The van der Waals surface area contributed by atoms with Crippen LogP contribution < -0.4 is 15.0 Å². The number of benzene rings is 2. The maximum Gasteiger partial charge on any atom is 0.423 e. The molecule has 43 heavy (non-hydrogen) atoms. The molecule has 11 nitrogen and oxygen atoms in total. The van der Waals surface area contributed by atoms with E-state index in [1.165, 1.54) is 12.4 Å². The van der Waals surface area contributed by atoms with Crippen molar-refractivity contribution in [3.05, 3.63) is 75.7 Å². The van der Waals surface area contributed by atoms with Crippen LogP contribution in [0.1, 0.15) is 23.2 Å². The molecule has 228 valence electrons. The summed E-state index contributed by atoms with van der Waals surface area (Å²) in [5, 5.41) is 14.4. The monoisotopic (exact) mass is 599 g/mol. The van der Waals surface area contributed by atoms with Crippen LogP contribution >= 0.6 is 0 Å². The second kappa shape index (κ2) is 13.3. The summed E-state index contributed by atoms with van der Waals surface area (Å²) < 4.78 is 46.4. The van der Waals surface area contributed by atoms with Gasteiger partial charge in [-0.3, -0.25) is 15.0 Å². The quantitative estimate of drug-likeness (QED) is 0.148. The minimum Gasteiger partial charge on any atom is -0.494 e. The summed E-state index contributed by atoms with van der Waals surface area (Å²) >= 11 is 0. The van der Waals surface area contributed by atoms with Crippen molar-refractivity contribution in [3.63, 3.8) is 0 Å².